The summed E-state index contributed by atoms with van der Waals surface area (Å²) >= 11 is 0. The number of rotatable bonds is 14. The molecule has 2 amide bonds. The van der Waals surface area contributed by atoms with Gasteiger partial charge in [-0.1, -0.05) is 31.2 Å². The van der Waals surface area contributed by atoms with E-state index in [0.29, 0.717) is 49.3 Å². The maximum atomic E-state index is 15.1. The molecule has 2 aromatic heterocycles. The molecule has 0 spiro atoms. The lowest BCUT2D eigenvalue weighted by Gasteiger charge is -2.29. The number of hydrogen-bond donors (Lipinski definition) is 2. The number of pyridine rings is 1. The van der Waals surface area contributed by atoms with Crippen molar-refractivity contribution in [3.63, 3.8) is 0 Å². The van der Waals surface area contributed by atoms with Crippen LogP contribution < -0.4 is 11.1 Å². The number of benzene rings is 2. The number of nitrogens with one attached hydrogen (secondary N) is 1. The summed E-state index contributed by atoms with van der Waals surface area (Å²) in [6, 6.07) is 11.7. The second kappa shape index (κ2) is 15.1. The highest BCUT2D eigenvalue weighted by Crippen LogP contribution is 2.33. The first-order valence-corrected chi connectivity index (χ1v) is 15.9. The molecule has 10 nitrogen and oxygen atoms in total. The van der Waals surface area contributed by atoms with Gasteiger partial charge in [0.25, 0.3) is 0 Å². The normalized spacial score (nSPS) is 13.5. The van der Waals surface area contributed by atoms with Crippen molar-refractivity contribution in [3.05, 3.63) is 76.9 Å². The number of aldehydes is 1. The van der Waals surface area contributed by atoms with E-state index in [0.717, 1.165) is 52.7 Å². The minimum absolute atomic E-state index is 0.105. The summed E-state index contributed by atoms with van der Waals surface area (Å²) in [5, 5.41) is 9.25. The van der Waals surface area contributed by atoms with Crippen molar-refractivity contribution in [1.82, 2.24) is 19.7 Å². The molecule has 0 radical (unpaired) electrons. The Morgan fingerprint density at radius 2 is 1.93 bits per heavy atom. The second-order valence-corrected chi connectivity index (χ2v) is 11.6. The third-order valence-electron chi connectivity index (χ3n) is 8.43. The molecule has 1 fully saturated rings. The zero-order valence-corrected chi connectivity index (χ0v) is 26.4. The van der Waals surface area contributed by atoms with Gasteiger partial charge in [0.05, 0.1) is 17.3 Å². The number of nitrogens with zero attached hydrogens (tertiary/aromatic N) is 4. The molecule has 4 aromatic rings. The predicted molar refractivity (Wildman–Crippen MR) is 175 cm³/mol. The fourth-order valence-electron chi connectivity index (χ4n) is 5.97. The Bertz CT molecular complexity index is 1710. The molecule has 0 atom stereocenters. The number of ether oxygens (including phenoxy) is 1. The van der Waals surface area contributed by atoms with Crippen LogP contribution in [0, 0.1) is 5.82 Å². The highest BCUT2D eigenvalue weighted by Gasteiger charge is 2.25. The fraction of sp³-hybridized carbons (Fsp3) is 0.400. The Morgan fingerprint density at radius 1 is 1.13 bits per heavy atom. The fourth-order valence-corrected chi connectivity index (χ4v) is 5.97. The van der Waals surface area contributed by atoms with Gasteiger partial charge in [0.2, 0.25) is 11.8 Å². The molecule has 11 heteroatoms. The minimum atomic E-state index is -0.459. The largest absolute Gasteiger partial charge is 0.381 e. The standard InChI is InChI=1S/C35H41FN6O4/c1-3-31-29(34(39-26-13-15-46-16-14-26)28-19-38-42(4-2)35(28)40-31)21-41(33(45)10-6-9-32(37)44)20-23-11-12-30(36)27(18-23)25-8-5-7-24(17-25)22-43/h5,7-8,11-12,17-19,22,26H,3-4,6,9-10,13-16,20-21H2,1-2H3,(H2,37,44)(H,39,40). The topological polar surface area (TPSA) is 132 Å². The molecule has 242 valence electrons. The first-order valence-electron chi connectivity index (χ1n) is 15.9. The van der Waals surface area contributed by atoms with Crippen LogP contribution in [-0.4, -0.2) is 57.0 Å². The Hall–Kier alpha value is -4.64. The molecule has 5 rings (SSSR count). The monoisotopic (exact) mass is 628 g/mol. The molecular weight excluding hydrogens is 587 g/mol. The van der Waals surface area contributed by atoms with Crippen molar-refractivity contribution in [3.8, 4) is 11.1 Å². The zero-order valence-electron chi connectivity index (χ0n) is 26.4. The molecule has 2 aromatic carbocycles. The summed E-state index contributed by atoms with van der Waals surface area (Å²) in [5.41, 5.74) is 10.9. The van der Waals surface area contributed by atoms with Gasteiger partial charge in [0, 0.05) is 74.1 Å². The predicted octanol–water partition coefficient (Wildman–Crippen LogP) is 5.41. The van der Waals surface area contributed by atoms with Crippen LogP contribution in [0.2, 0.25) is 0 Å². The number of halogens is 1. The summed E-state index contributed by atoms with van der Waals surface area (Å²) in [5.74, 6) is -1.04. The van der Waals surface area contributed by atoms with Crippen LogP contribution in [0.3, 0.4) is 0 Å². The second-order valence-electron chi connectivity index (χ2n) is 11.6. The average Bonchev–Trinajstić information content (AvgIpc) is 3.49. The van der Waals surface area contributed by atoms with Crippen molar-refractivity contribution >= 4 is 34.8 Å². The molecule has 1 aliphatic heterocycles. The van der Waals surface area contributed by atoms with Crippen molar-refractivity contribution in [2.24, 2.45) is 5.73 Å². The Labute approximate surface area is 268 Å². The van der Waals surface area contributed by atoms with Crippen LogP contribution in [0.25, 0.3) is 22.2 Å². The van der Waals surface area contributed by atoms with E-state index in [1.807, 2.05) is 24.7 Å². The summed E-state index contributed by atoms with van der Waals surface area (Å²) in [4.78, 5) is 43.4. The number of nitrogens with two attached hydrogens (primary N) is 1. The van der Waals surface area contributed by atoms with E-state index in [1.165, 1.54) is 6.07 Å². The van der Waals surface area contributed by atoms with Crippen molar-refractivity contribution in [2.45, 2.75) is 78.0 Å². The minimum Gasteiger partial charge on any atom is -0.381 e. The number of carbonyl (C=O) groups is 3. The van der Waals surface area contributed by atoms with Crippen molar-refractivity contribution in [2.75, 3.05) is 18.5 Å². The first kappa shape index (κ1) is 32.7. The Morgan fingerprint density at radius 3 is 2.65 bits per heavy atom. The van der Waals surface area contributed by atoms with Gasteiger partial charge in [0.1, 0.15) is 12.1 Å². The number of aryl methyl sites for hydroxylation is 2. The smallest absolute Gasteiger partial charge is 0.223 e. The summed E-state index contributed by atoms with van der Waals surface area (Å²) in [6.45, 7) is 6.52. The molecule has 3 heterocycles. The molecule has 0 bridgehead atoms. The summed E-state index contributed by atoms with van der Waals surface area (Å²) in [7, 11) is 0. The molecule has 1 aliphatic rings. The Balaban J connectivity index is 1.55. The molecule has 1 saturated heterocycles. The third kappa shape index (κ3) is 7.59. The van der Waals surface area contributed by atoms with Gasteiger partial charge < -0.3 is 20.7 Å². The third-order valence-corrected chi connectivity index (χ3v) is 8.43. The van der Waals surface area contributed by atoms with Gasteiger partial charge in [-0.15, -0.1) is 0 Å². The van der Waals surface area contributed by atoms with Crippen LogP contribution >= 0.6 is 0 Å². The number of aromatic nitrogens is 3. The lowest BCUT2D eigenvalue weighted by molar-refractivity contribution is -0.132. The molecule has 0 unspecified atom stereocenters. The van der Waals surface area contributed by atoms with Crippen molar-refractivity contribution in [1.29, 1.82) is 0 Å². The van der Waals surface area contributed by atoms with E-state index < -0.39 is 11.7 Å². The number of fused-ring (bicyclic) bond motifs is 1. The van der Waals surface area contributed by atoms with Gasteiger partial charge in [-0.25, -0.2) is 14.1 Å². The molecule has 0 aliphatic carbocycles. The number of carbonyl (C=O) groups excluding carboxylic acids is 3. The summed E-state index contributed by atoms with van der Waals surface area (Å²) < 4.78 is 22.6. The number of anilines is 1. The van der Waals surface area contributed by atoms with Crippen LogP contribution in [-0.2, 0) is 40.4 Å². The van der Waals surface area contributed by atoms with Gasteiger partial charge in [-0.3, -0.25) is 14.4 Å². The zero-order chi connectivity index (χ0) is 32.6. The van der Waals surface area contributed by atoms with Gasteiger partial charge in [-0.2, -0.15) is 5.10 Å². The molecule has 0 saturated carbocycles. The van der Waals surface area contributed by atoms with E-state index in [4.69, 9.17) is 15.5 Å². The maximum absolute atomic E-state index is 15.1. The van der Waals surface area contributed by atoms with Crippen LogP contribution in [0.15, 0.2) is 48.7 Å². The van der Waals surface area contributed by atoms with E-state index >= 15 is 4.39 Å². The lowest BCUT2D eigenvalue weighted by Crippen LogP contribution is -2.32. The van der Waals surface area contributed by atoms with E-state index in [2.05, 4.69) is 10.4 Å². The molecular formula is C35H41FN6O4. The molecule has 46 heavy (non-hydrogen) atoms. The highest BCUT2D eigenvalue weighted by molar-refractivity contribution is 5.92. The van der Waals surface area contributed by atoms with Gasteiger partial charge in [0.15, 0.2) is 5.65 Å². The molecule has 3 N–H and O–H groups in total. The number of amides is 2. The average molecular weight is 629 g/mol. The van der Waals surface area contributed by atoms with Crippen LogP contribution in [0.5, 0.6) is 0 Å². The maximum Gasteiger partial charge on any atom is 0.223 e. The van der Waals surface area contributed by atoms with E-state index in [1.54, 1.807) is 41.3 Å². The first-order chi connectivity index (χ1) is 22.3. The van der Waals surface area contributed by atoms with Gasteiger partial charge in [-0.05, 0) is 61.9 Å². The quantitative estimate of drug-likeness (QED) is 0.179. The SMILES string of the molecule is CCc1nc2c(cnn2CC)c(NC2CCOCC2)c1CN(Cc1ccc(F)c(-c2cccc(C=O)c2)c1)C(=O)CCCC(N)=O. The number of hydrogen-bond acceptors (Lipinski definition) is 7. The van der Waals surface area contributed by atoms with Crippen molar-refractivity contribution < 1.29 is 23.5 Å². The Kier molecular flexibility index (Phi) is 10.7. The number of primary amides is 1. The van der Waals surface area contributed by atoms with Crippen LogP contribution in [0.4, 0.5) is 10.1 Å². The van der Waals surface area contributed by atoms with Crippen LogP contribution in [0.1, 0.15) is 73.1 Å². The summed E-state index contributed by atoms with van der Waals surface area (Å²) in [6.07, 6.45) is 5.46. The lowest BCUT2D eigenvalue weighted by atomic mass is 9.99. The van der Waals surface area contributed by atoms with Gasteiger partial charge >= 0.3 is 0 Å². The van der Waals surface area contributed by atoms with E-state index in [9.17, 15) is 14.4 Å². The highest BCUT2D eigenvalue weighted by atomic mass is 19.1. The van der Waals surface area contributed by atoms with E-state index in [-0.39, 0.29) is 37.9 Å².